The fourth-order valence-electron chi connectivity index (χ4n) is 2.63. The van der Waals surface area contributed by atoms with Gasteiger partial charge in [0.15, 0.2) is 0 Å². The van der Waals surface area contributed by atoms with E-state index in [1.807, 2.05) is 20.8 Å². The molecule has 1 amide bonds. The fourth-order valence-corrected chi connectivity index (χ4v) is 3.31. The molecule has 2 atom stereocenters. The van der Waals surface area contributed by atoms with Crippen molar-refractivity contribution in [2.45, 2.75) is 45.3 Å². The van der Waals surface area contributed by atoms with Crippen molar-refractivity contribution in [2.24, 2.45) is 11.8 Å². The first-order valence-electron chi connectivity index (χ1n) is 7.34. The highest BCUT2D eigenvalue weighted by atomic mass is 32.1. The number of nitrogens with one attached hydrogen (secondary N) is 1. The lowest BCUT2D eigenvalue weighted by Crippen LogP contribution is -2.44. The van der Waals surface area contributed by atoms with E-state index in [4.69, 9.17) is 10.6 Å². The van der Waals surface area contributed by atoms with Crippen molar-refractivity contribution < 1.29 is 9.53 Å². The maximum absolute atomic E-state index is 12.1. The van der Waals surface area contributed by atoms with Gasteiger partial charge in [-0.1, -0.05) is 0 Å². The molecule has 1 aliphatic rings. The molecule has 0 radical (unpaired) electrons. The molecule has 21 heavy (non-hydrogen) atoms. The predicted octanol–water partition coefficient (Wildman–Crippen LogP) is 2.38. The van der Waals surface area contributed by atoms with Gasteiger partial charge in [-0.3, -0.25) is 11.3 Å². The Balaban J connectivity index is 1.89. The molecule has 2 unspecified atom stereocenters. The van der Waals surface area contributed by atoms with E-state index in [1.165, 1.54) is 5.56 Å². The number of likely N-dealkylation sites (tertiary alicyclic amines) is 1. The molecular weight excluding hydrogens is 286 g/mol. The van der Waals surface area contributed by atoms with Crippen LogP contribution in [0.4, 0.5) is 4.79 Å². The van der Waals surface area contributed by atoms with E-state index in [9.17, 15) is 4.79 Å². The topological polar surface area (TPSA) is 67.6 Å². The standard InChI is InChI=1S/C15H25N3O2S/c1-15(2,3)20-14(19)18-6-4-12(9-18)13(17-16)8-11-5-7-21-10-11/h5,7,10,12-13,17H,4,6,8-9,16H2,1-3H3. The third-order valence-corrected chi connectivity index (χ3v) is 4.43. The lowest BCUT2D eigenvalue weighted by molar-refractivity contribution is 0.0285. The second-order valence-corrected chi connectivity index (χ2v) is 7.36. The molecule has 1 aromatic rings. The van der Waals surface area contributed by atoms with Gasteiger partial charge in [0.1, 0.15) is 5.60 Å². The van der Waals surface area contributed by atoms with Crippen molar-refractivity contribution >= 4 is 17.4 Å². The van der Waals surface area contributed by atoms with Crippen LogP contribution in [0, 0.1) is 5.92 Å². The Labute approximate surface area is 130 Å². The molecule has 1 aliphatic heterocycles. The smallest absolute Gasteiger partial charge is 0.410 e. The van der Waals surface area contributed by atoms with Gasteiger partial charge in [-0.25, -0.2) is 4.79 Å². The molecule has 0 aromatic carbocycles. The summed E-state index contributed by atoms with van der Waals surface area (Å²) in [5.41, 5.74) is 3.76. The van der Waals surface area contributed by atoms with Crippen LogP contribution < -0.4 is 11.3 Å². The van der Waals surface area contributed by atoms with Gasteiger partial charge >= 0.3 is 6.09 Å². The van der Waals surface area contributed by atoms with Crippen molar-refractivity contribution in [2.75, 3.05) is 13.1 Å². The monoisotopic (exact) mass is 311 g/mol. The average Bonchev–Trinajstić information content (AvgIpc) is 3.05. The summed E-state index contributed by atoms with van der Waals surface area (Å²) in [7, 11) is 0. The molecule has 6 heteroatoms. The van der Waals surface area contributed by atoms with Crippen LogP contribution in [0.1, 0.15) is 32.8 Å². The number of thiophene rings is 1. The number of nitrogens with two attached hydrogens (primary N) is 1. The predicted molar refractivity (Wildman–Crippen MR) is 85.0 cm³/mol. The van der Waals surface area contributed by atoms with Gasteiger partial charge < -0.3 is 9.64 Å². The Morgan fingerprint density at radius 1 is 1.62 bits per heavy atom. The number of rotatable bonds is 4. The van der Waals surface area contributed by atoms with Crippen LogP contribution in [0.5, 0.6) is 0 Å². The number of nitrogens with zero attached hydrogens (tertiary/aromatic N) is 1. The minimum Gasteiger partial charge on any atom is -0.444 e. The Morgan fingerprint density at radius 3 is 2.95 bits per heavy atom. The summed E-state index contributed by atoms with van der Waals surface area (Å²) < 4.78 is 5.43. The highest BCUT2D eigenvalue weighted by Gasteiger charge is 2.33. The maximum atomic E-state index is 12.1. The van der Waals surface area contributed by atoms with Crippen molar-refractivity contribution in [3.63, 3.8) is 0 Å². The molecule has 5 nitrogen and oxygen atoms in total. The summed E-state index contributed by atoms with van der Waals surface area (Å²) in [4.78, 5) is 13.9. The van der Waals surface area contributed by atoms with E-state index >= 15 is 0 Å². The van der Waals surface area contributed by atoms with Crippen LogP contribution in [0.2, 0.25) is 0 Å². The van der Waals surface area contributed by atoms with Crippen molar-refractivity contribution in [3.05, 3.63) is 22.4 Å². The molecule has 2 heterocycles. The minimum atomic E-state index is -0.447. The van der Waals surface area contributed by atoms with E-state index in [2.05, 4.69) is 22.3 Å². The minimum absolute atomic E-state index is 0.187. The summed E-state index contributed by atoms with van der Waals surface area (Å²) in [6.07, 6.45) is 1.63. The van der Waals surface area contributed by atoms with Gasteiger partial charge in [-0.15, -0.1) is 0 Å². The third-order valence-electron chi connectivity index (χ3n) is 3.70. The highest BCUT2D eigenvalue weighted by Crippen LogP contribution is 2.24. The van der Waals surface area contributed by atoms with E-state index in [1.54, 1.807) is 16.2 Å². The van der Waals surface area contributed by atoms with Crippen LogP contribution in [0.3, 0.4) is 0 Å². The van der Waals surface area contributed by atoms with E-state index < -0.39 is 5.60 Å². The molecular formula is C15H25N3O2S. The molecule has 3 N–H and O–H groups in total. The first-order valence-corrected chi connectivity index (χ1v) is 8.28. The third kappa shape index (κ3) is 4.69. The normalized spacial score (nSPS) is 20.6. The number of ether oxygens (including phenoxy) is 1. The number of hydrogen-bond donors (Lipinski definition) is 2. The summed E-state index contributed by atoms with van der Waals surface area (Å²) in [5, 5.41) is 4.22. The van der Waals surface area contributed by atoms with Gasteiger partial charge in [-0.2, -0.15) is 11.3 Å². The molecule has 0 bridgehead atoms. The van der Waals surface area contributed by atoms with Gasteiger partial charge in [0.05, 0.1) is 0 Å². The van der Waals surface area contributed by atoms with Gasteiger partial charge in [-0.05, 0) is 61.9 Å². The number of carbonyl (C=O) groups is 1. The van der Waals surface area contributed by atoms with Gasteiger partial charge in [0.25, 0.3) is 0 Å². The summed E-state index contributed by atoms with van der Waals surface area (Å²) in [5.74, 6) is 6.07. The van der Waals surface area contributed by atoms with E-state index in [-0.39, 0.29) is 12.1 Å². The van der Waals surface area contributed by atoms with Crippen LogP contribution in [0.15, 0.2) is 16.8 Å². The second kappa shape index (κ2) is 6.77. The molecule has 1 saturated heterocycles. The Hall–Kier alpha value is -1.11. The summed E-state index contributed by atoms with van der Waals surface area (Å²) >= 11 is 1.69. The Bertz CT molecular complexity index is 456. The Morgan fingerprint density at radius 2 is 2.38 bits per heavy atom. The first-order chi connectivity index (χ1) is 9.89. The number of hydrazine groups is 1. The molecule has 118 valence electrons. The van der Waals surface area contributed by atoms with Crippen LogP contribution in [-0.2, 0) is 11.2 Å². The SMILES string of the molecule is CC(C)(C)OC(=O)N1CCC(C(Cc2ccsc2)NN)C1. The van der Waals surface area contributed by atoms with Crippen molar-refractivity contribution in [1.82, 2.24) is 10.3 Å². The largest absolute Gasteiger partial charge is 0.444 e. The number of amides is 1. The number of hydrogen-bond acceptors (Lipinski definition) is 5. The number of carbonyl (C=O) groups excluding carboxylic acids is 1. The molecule has 0 aliphatic carbocycles. The molecule has 0 spiro atoms. The van der Waals surface area contributed by atoms with E-state index in [0.717, 1.165) is 19.4 Å². The van der Waals surface area contributed by atoms with E-state index in [0.29, 0.717) is 12.5 Å². The van der Waals surface area contributed by atoms with Crippen molar-refractivity contribution in [1.29, 1.82) is 0 Å². The lowest BCUT2D eigenvalue weighted by Gasteiger charge is -2.26. The second-order valence-electron chi connectivity index (χ2n) is 6.58. The lowest BCUT2D eigenvalue weighted by atomic mass is 9.94. The summed E-state index contributed by atoms with van der Waals surface area (Å²) in [6, 6.07) is 2.31. The van der Waals surface area contributed by atoms with Crippen LogP contribution in [-0.4, -0.2) is 35.7 Å². The zero-order valence-corrected chi connectivity index (χ0v) is 13.8. The van der Waals surface area contributed by atoms with Crippen LogP contribution >= 0.6 is 11.3 Å². The molecule has 0 saturated carbocycles. The van der Waals surface area contributed by atoms with Crippen LogP contribution in [0.25, 0.3) is 0 Å². The van der Waals surface area contributed by atoms with Gasteiger partial charge in [0.2, 0.25) is 0 Å². The first kappa shape index (κ1) is 16.3. The highest BCUT2D eigenvalue weighted by molar-refractivity contribution is 7.07. The maximum Gasteiger partial charge on any atom is 0.410 e. The Kier molecular flexibility index (Phi) is 5.24. The zero-order chi connectivity index (χ0) is 15.5. The molecule has 2 rings (SSSR count). The zero-order valence-electron chi connectivity index (χ0n) is 13.0. The van der Waals surface area contributed by atoms with Gasteiger partial charge in [0, 0.05) is 19.1 Å². The average molecular weight is 311 g/mol. The fraction of sp³-hybridized carbons (Fsp3) is 0.667. The van der Waals surface area contributed by atoms with Crippen molar-refractivity contribution in [3.8, 4) is 0 Å². The molecule has 1 aromatic heterocycles. The quantitative estimate of drug-likeness (QED) is 0.662. The molecule has 1 fully saturated rings. The summed E-state index contributed by atoms with van der Waals surface area (Å²) in [6.45, 7) is 7.10.